The molecule has 0 saturated heterocycles. The number of nitrogens with two attached hydrogens (primary N) is 1. The third kappa shape index (κ3) is 6.10. The van der Waals surface area contributed by atoms with E-state index < -0.39 is 18.4 Å². The molecule has 3 N–H and O–H groups in total. The van der Waals surface area contributed by atoms with E-state index in [-0.39, 0.29) is 23.7 Å². The van der Waals surface area contributed by atoms with E-state index in [4.69, 9.17) is 0 Å². The first-order valence-electron chi connectivity index (χ1n) is 12.9. The van der Waals surface area contributed by atoms with Crippen LogP contribution in [0.25, 0.3) is 0 Å². The van der Waals surface area contributed by atoms with Gasteiger partial charge in [0.15, 0.2) is 0 Å². The van der Waals surface area contributed by atoms with Crippen molar-refractivity contribution >= 4 is 12.6 Å². The Bertz CT molecular complexity index is 873. The summed E-state index contributed by atoms with van der Waals surface area (Å²) < 4.78 is 48.1. The Kier molecular flexibility index (Phi) is 9.08. The Balaban J connectivity index is 0.000000266. The molecule has 2 saturated carbocycles. The SMILES string of the molecule is C=C(C)CCC1Cc2ccccc2C2CCC3(C)C(O)CCC3C12.NC(F)(F)C(F)(F)CCCS. The highest BCUT2D eigenvalue weighted by Crippen LogP contribution is 2.62. The van der Waals surface area contributed by atoms with Crippen molar-refractivity contribution in [3.8, 4) is 0 Å². The fourth-order valence-corrected chi connectivity index (χ4v) is 7.04. The third-order valence-corrected chi connectivity index (χ3v) is 9.16. The van der Waals surface area contributed by atoms with Crippen LogP contribution in [0.3, 0.4) is 0 Å². The molecular formula is C28H41F4NOS. The van der Waals surface area contributed by atoms with Crippen LogP contribution in [-0.4, -0.2) is 28.9 Å². The molecule has 2 nitrogen and oxygen atoms in total. The van der Waals surface area contributed by atoms with Crippen molar-refractivity contribution in [1.29, 1.82) is 0 Å². The minimum atomic E-state index is -4.42. The van der Waals surface area contributed by atoms with Gasteiger partial charge in [0, 0.05) is 6.42 Å². The summed E-state index contributed by atoms with van der Waals surface area (Å²) in [6.45, 7) is 8.68. The molecule has 3 aliphatic carbocycles. The minimum absolute atomic E-state index is 0.0805. The second kappa shape index (κ2) is 11.1. The number of alkyl halides is 4. The molecule has 1 aromatic rings. The van der Waals surface area contributed by atoms with E-state index >= 15 is 0 Å². The summed E-state index contributed by atoms with van der Waals surface area (Å²) in [5.41, 5.74) is 8.64. The maximum absolute atomic E-state index is 12.2. The average molecular weight is 516 g/mol. The molecule has 6 unspecified atom stereocenters. The first-order chi connectivity index (χ1) is 16.3. The first kappa shape index (κ1) is 28.5. The monoisotopic (exact) mass is 515 g/mol. The highest BCUT2D eigenvalue weighted by atomic mass is 32.1. The van der Waals surface area contributed by atoms with E-state index in [2.05, 4.69) is 63.1 Å². The lowest BCUT2D eigenvalue weighted by Crippen LogP contribution is -2.48. The van der Waals surface area contributed by atoms with E-state index in [1.54, 1.807) is 11.1 Å². The molecule has 0 bridgehead atoms. The molecule has 0 radical (unpaired) electrons. The van der Waals surface area contributed by atoms with Crippen LogP contribution in [-0.2, 0) is 6.42 Å². The van der Waals surface area contributed by atoms with Gasteiger partial charge >= 0.3 is 12.0 Å². The molecular weight excluding hydrogens is 474 g/mol. The quantitative estimate of drug-likeness (QED) is 0.154. The zero-order valence-corrected chi connectivity index (χ0v) is 21.9. The molecule has 7 heteroatoms. The van der Waals surface area contributed by atoms with Crippen LogP contribution in [0.5, 0.6) is 0 Å². The summed E-state index contributed by atoms with van der Waals surface area (Å²) in [6, 6.07) is 4.76. The number of hydrogen-bond donors (Lipinski definition) is 3. The molecule has 3 aliphatic rings. The van der Waals surface area contributed by atoms with Gasteiger partial charge in [-0.05, 0) is 104 Å². The van der Waals surface area contributed by atoms with Crippen LogP contribution in [0.15, 0.2) is 36.4 Å². The average Bonchev–Trinajstić information content (AvgIpc) is 3.10. The number of allylic oxidation sites excluding steroid dienone is 1. The lowest BCUT2D eigenvalue weighted by atomic mass is 9.52. The Labute approximate surface area is 213 Å². The van der Waals surface area contributed by atoms with Gasteiger partial charge in [-0.2, -0.15) is 30.2 Å². The molecule has 2 fully saturated rings. The van der Waals surface area contributed by atoms with E-state index in [0.29, 0.717) is 11.8 Å². The molecule has 0 aliphatic heterocycles. The molecule has 198 valence electrons. The zero-order valence-electron chi connectivity index (χ0n) is 21.0. The molecule has 6 atom stereocenters. The van der Waals surface area contributed by atoms with Gasteiger partial charge in [0.2, 0.25) is 0 Å². The molecule has 4 rings (SSSR count). The van der Waals surface area contributed by atoms with Crippen molar-refractivity contribution in [3.63, 3.8) is 0 Å². The van der Waals surface area contributed by atoms with Crippen LogP contribution in [0, 0.1) is 23.2 Å². The summed E-state index contributed by atoms with van der Waals surface area (Å²) in [5, 5.41) is 10.7. The summed E-state index contributed by atoms with van der Waals surface area (Å²) in [6.07, 6.45) is 7.26. The Morgan fingerprint density at radius 2 is 1.89 bits per heavy atom. The second-order valence-electron chi connectivity index (χ2n) is 11.2. The molecule has 0 amide bonds. The third-order valence-electron chi connectivity index (χ3n) is 8.84. The Hall–Kier alpha value is -1.05. The van der Waals surface area contributed by atoms with Gasteiger partial charge in [-0.15, -0.1) is 6.58 Å². The lowest BCUT2D eigenvalue weighted by molar-refractivity contribution is -0.208. The van der Waals surface area contributed by atoms with E-state index in [0.717, 1.165) is 24.7 Å². The predicted octanol–water partition coefficient (Wildman–Crippen LogP) is 7.37. The predicted molar refractivity (Wildman–Crippen MR) is 137 cm³/mol. The summed E-state index contributed by atoms with van der Waals surface area (Å²) >= 11 is 3.61. The number of rotatable bonds is 7. The summed E-state index contributed by atoms with van der Waals surface area (Å²) in [7, 11) is 0. The van der Waals surface area contributed by atoms with Gasteiger partial charge in [0.05, 0.1) is 6.10 Å². The van der Waals surface area contributed by atoms with Crippen LogP contribution in [0.2, 0.25) is 0 Å². The van der Waals surface area contributed by atoms with E-state index in [9.17, 15) is 22.7 Å². The standard InChI is InChI=1S/C23H32O.C5H9F4NS/c1-15(2)8-9-17-14-16-6-4-5-7-18(16)19-12-13-23(3)20(22(17)19)10-11-21(23)24;6-4(7,2-1-3-11)5(8,9)10/h4-7,17,19-22,24H,1,8-14H2,2-3H3;11H,1-3,10H2. The van der Waals surface area contributed by atoms with Crippen LogP contribution in [0.1, 0.15) is 82.3 Å². The summed E-state index contributed by atoms with van der Waals surface area (Å²) in [4.78, 5) is 0. The number of aliphatic hydroxyl groups excluding tert-OH is 1. The fourth-order valence-electron chi connectivity index (χ4n) is 6.88. The summed E-state index contributed by atoms with van der Waals surface area (Å²) in [5.74, 6) is -1.03. The number of fused-ring (bicyclic) bond motifs is 5. The maximum atomic E-state index is 12.2. The number of halogens is 4. The molecule has 0 spiro atoms. The van der Waals surface area contributed by atoms with Gasteiger partial charge in [0.25, 0.3) is 0 Å². The van der Waals surface area contributed by atoms with Crippen molar-refractivity contribution in [3.05, 3.63) is 47.5 Å². The van der Waals surface area contributed by atoms with E-state index in [1.165, 1.54) is 37.7 Å². The molecule has 35 heavy (non-hydrogen) atoms. The largest absolute Gasteiger partial charge is 0.393 e. The molecule has 0 aromatic heterocycles. The van der Waals surface area contributed by atoms with Gasteiger partial charge in [-0.25, -0.2) is 0 Å². The zero-order chi connectivity index (χ0) is 26.0. The van der Waals surface area contributed by atoms with Crippen molar-refractivity contribution in [1.82, 2.24) is 0 Å². The normalized spacial score (nSPS) is 32.1. The van der Waals surface area contributed by atoms with Gasteiger partial charge in [0.1, 0.15) is 0 Å². The lowest BCUT2D eigenvalue weighted by Gasteiger charge is -2.53. The van der Waals surface area contributed by atoms with Crippen LogP contribution < -0.4 is 5.73 Å². The molecule has 0 heterocycles. The number of hydrogen-bond acceptors (Lipinski definition) is 3. The first-order valence-corrected chi connectivity index (χ1v) is 13.5. The highest BCUT2D eigenvalue weighted by molar-refractivity contribution is 7.80. The smallest absolute Gasteiger partial charge is 0.362 e. The van der Waals surface area contributed by atoms with Crippen molar-refractivity contribution in [2.75, 3.05) is 5.75 Å². The maximum Gasteiger partial charge on any atom is 0.362 e. The van der Waals surface area contributed by atoms with Crippen molar-refractivity contribution in [2.24, 2.45) is 28.9 Å². The van der Waals surface area contributed by atoms with Gasteiger partial charge in [-0.1, -0.05) is 36.8 Å². The van der Waals surface area contributed by atoms with E-state index in [1.807, 2.05) is 0 Å². The number of aliphatic hydroxyl groups is 1. The minimum Gasteiger partial charge on any atom is -0.393 e. The van der Waals surface area contributed by atoms with Crippen LogP contribution in [0.4, 0.5) is 17.6 Å². The second-order valence-corrected chi connectivity index (χ2v) is 11.7. The fraction of sp³-hybridized carbons (Fsp3) is 0.714. The van der Waals surface area contributed by atoms with Crippen molar-refractivity contribution < 1.29 is 22.7 Å². The van der Waals surface area contributed by atoms with Gasteiger partial charge in [-0.3, -0.25) is 5.73 Å². The highest BCUT2D eigenvalue weighted by Gasteiger charge is 2.56. The van der Waals surface area contributed by atoms with Crippen molar-refractivity contribution in [2.45, 2.75) is 95.6 Å². The Morgan fingerprint density at radius 1 is 1.20 bits per heavy atom. The van der Waals surface area contributed by atoms with Gasteiger partial charge < -0.3 is 5.11 Å². The number of benzene rings is 1. The van der Waals surface area contributed by atoms with Crippen LogP contribution >= 0.6 is 12.6 Å². The molecule has 1 aromatic carbocycles. The Morgan fingerprint density at radius 3 is 2.51 bits per heavy atom. The topological polar surface area (TPSA) is 46.2 Å². The number of thiol groups is 1.